The summed E-state index contributed by atoms with van der Waals surface area (Å²) in [6, 6.07) is 12.1. The second-order valence-corrected chi connectivity index (χ2v) is 6.53. The Kier molecular flexibility index (Phi) is 3.81. The number of piperidine rings is 1. The van der Waals surface area contributed by atoms with E-state index in [1.54, 1.807) is 0 Å². The van der Waals surface area contributed by atoms with Gasteiger partial charge in [-0.3, -0.25) is 4.79 Å². The topological polar surface area (TPSA) is 37.6 Å². The standard InChI is InChI=1S/C20H21N3O/c1-15-5-7-16(8-6-15)18-14-23-13-17(9-10-19(23)21-18)20(24)22-11-3-2-4-12-22/h5-10,13-14H,2-4,11-12H2,1H3. The van der Waals surface area contributed by atoms with Crippen LogP contribution >= 0.6 is 0 Å². The van der Waals surface area contributed by atoms with Crippen LogP contribution in [0.3, 0.4) is 0 Å². The van der Waals surface area contributed by atoms with Gasteiger partial charge in [0, 0.05) is 31.0 Å². The van der Waals surface area contributed by atoms with Crippen LogP contribution in [0.15, 0.2) is 48.8 Å². The number of pyridine rings is 1. The van der Waals surface area contributed by atoms with Gasteiger partial charge in [0.05, 0.1) is 11.3 Å². The molecule has 0 spiro atoms. The fraction of sp³-hybridized carbons (Fsp3) is 0.300. The second kappa shape index (κ2) is 6.11. The molecule has 4 heteroatoms. The Balaban J connectivity index is 1.65. The van der Waals surface area contributed by atoms with Gasteiger partial charge in [0.25, 0.3) is 5.91 Å². The lowest BCUT2D eigenvalue weighted by atomic mass is 10.1. The maximum Gasteiger partial charge on any atom is 0.255 e. The van der Waals surface area contributed by atoms with E-state index in [0.29, 0.717) is 0 Å². The quantitative estimate of drug-likeness (QED) is 0.717. The van der Waals surface area contributed by atoms with Crippen molar-refractivity contribution in [3.63, 3.8) is 0 Å². The average Bonchev–Trinajstić information content (AvgIpc) is 3.05. The molecule has 1 saturated heterocycles. The van der Waals surface area contributed by atoms with Gasteiger partial charge >= 0.3 is 0 Å². The van der Waals surface area contributed by atoms with Crippen molar-refractivity contribution in [1.29, 1.82) is 0 Å². The Bertz CT molecular complexity index is 874. The molecule has 3 aromatic rings. The Hall–Kier alpha value is -2.62. The van der Waals surface area contributed by atoms with Gasteiger partial charge < -0.3 is 9.30 Å². The van der Waals surface area contributed by atoms with Gasteiger partial charge in [0.15, 0.2) is 0 Å². The number of hydrogen-bond acceptors (Lipinski definition) is 2. The highest BCUT2D eigenvalue weighted by Gasteiger charge is 2.18. The Morgan fingerprint density at radius 3 is 2.46 bits per heavy atom. The highest BCUT2D eigenvalue weighted by atomic mass is 16.2. The Labute approximate surface area is 141 Å². The van der Waals surface area contributed by atoms with E-state index in [4.69, 9.17) is 0 Å². The van der Waals surface area contributed by atoms with Gasteiger partial charge in [-0.05, 0) is 38.3 Å². The van der Waals surface area contributed by atoms with E-state index in [2.05, 4.69) is 36.2 Å². The van der Waals surface area contributed by atoms with Crippen molar-refractivity contribution in [3.05, 3.63) is 59.9 Å². The van der Waals surface area contributed by atoms with Crippen LogP contribution in [0.4, 0.5) is 0 Å². The summed E-state index contributed by atoms with van der Waals surface area (Å²) in [5, 5.41) is 0. The molecule has 3 heterocycles. The van der Waals surface area contributed by atoms with Crippen LogP contribution < -0.4 is 0 Å². The first kappa shape index (κ1) is 14.9. The molecule has 1 aromatic carbocycles. The number of fused-ring (bicyclic) bond motifs is 1. The second-order valence-electron chi connectivity index (χ2n) is 6.53. The number of aromatic nitrogens is 2. The molecule has 0 unspecified atom stereocenters. The monoisotopic (exact) mass is 319 g/mol. The molecule has 0 radical (unpaired) electrons. The number of aryl methyl sites for hydroxylation is 1. The van der Waals surface area contributed by atoms with E-state index in [1.165, 1.54) is 12.0 Å². The van der Waals surface area contributed by atoms with Gasteiger partial charge in [-0.1, -0.05) is 29.8 Å². The summed E-state index contributed by atoms with van der Waals surface area (Å²) in [6.07, 6.45) is 7.33. The largest absolute Gasteiger partial charge is 0.339 e. The maximum absolute atomic E-state index is 12.6. The molecule has 1 fully saturated rings. The van der Waals surface area contributed by atoms with E-state index >= 15 is 0 Å². The van der Waals surface area contributed by atoms with Crippen LogP contribution in [-0.4, -0.2) is 33.3 Å². The first-order valence-electron chi connectivity index (χ1n) is 8.56. The number of rotatable bonds is 2. The number of carbonyl (C=O) groups is 1. The molecule has 0 aliphatic carbocycles. The fourth-order valence-electron chi connectivity index (χ4n) is 3.26. The molecule has 4 rings (SSSR count). The van der Waals surface area contributed by atoms with Gasteiger partial charge in [0.1, 0.15) is 5.65 Å². The van der Waals surface area contributed by atoms with Crippen molar-refractivity contribution < 1.29 is 4.79 Å². The highest BCUT2D eigenvalue weighted by Crippen LogP contribution is 2.21. The zero-order chi connectivity index (χ0) is 16.5. The highest BCUT2D eigenvalue weighted by molar-refractivity contribution is 5.94. The van der Waals surface area contributed by atoms with Gasteiger partial charge in [-0.15, -0.1) is 0 Å². The molecule has 4 nitrogen and oxygen atoms in total. The number of carbonyl (C=O) groups excluding carboxylic acids is 1. The predicted octanol–water partition coefficient (Wildman–Crippen LogP) is 3.94. The summed E-state index contributed by atoms with van der Waals surface area (Å²) in [5.41, 5.74) is 4.85. The molecule has 0 bridgehead atoms. The van der Waals surface area contributed by atoms with Gasteiger partial charge in [-0.2, -0.15) is 0 Å². The third-order valence-corrected chi connectivity index (χ3v) is 4.69. The average molecular weight is 319 g/mol. The molecule has 1 aliphatic rings. The molecular weight excluding hydrogens is 298 g/mol. The summed E-state index contributed by atoms with van der Waals surface area (Å²) < 4.78 is 1.95. The van der Waals surface area contributed by atoms with E-state index in [-0.39, 0.29) is 5.91 Å². The normalized spacial score (nSPS) is 15.0. The molecule has 24 heavy (non-hydrogen) atoms. The number of imidazole rings is 1. The molecule has 0 N–H and O–H groups in total. The molecular formula is C20H21N3O. The van der Waals surface area contributed by atoms with Crippen LogP contribution in [0.1, 0.15) is 35.2 Å². The predicted molar refractivity (Wildman–Crippen MR) is 95.1 cm³/mol. The summed E-state index contributed by atoms with van der Waals surface area (Å²) in [6.45, 7) is 3.82. The fourth-order valence-corrected chi connectivity index (χ4v) is 3.26. The molecule has 1 aliphatic heterocycles. The minimum Gasteiger partial charge on any atom is -0.339 e. The zero-order valence-electron chi connectivity index (χ0n) is 13.9. The molecule has 1 amide bonds. The van der Waals surface area contributed by atoms with Crippen LogP contribution in [0.25, 0.3) is 16.9 Å². The number of likely N-dealkylation sites (tertiary alicyclic amines) is 1. The summed E-state index contributed by atoms with van der Waals surface area (Å²) in [4.78, 5) is 19.3. The van der Waals surface area contributed by atoms with Gasteiger partial charge in [0.2, 0.25) is 0 Å². The van der Waals surface area contributed by atoms with Crippen LogP contribution in [0.2, 0.25) is 0 Å². The van der Waals surface area contributed by atoms with E-state index < -0.39 is 0 Å². The molecule has 0 atom stereocenters. The minimum atomic E-state index is 0.127. The van der Waals surface area contributed by atoms with E-state index in [0.717, 1.165) is 48.4 Å². The molecule has 2 aromatic heterocycles. The van der Waals surface area contributed by atoms with E-state index in [9.17, 15) is 4.79 Å². The van der Waals surface area contributed by atoms with Crippen molar-refractivity contribution >= 4 is 11.6 Å². The van der Waals surface area contributed by atoms with Crippen molar-refractivity contribution in [2.75, 3.05) is 13.1 Å². The summed E-state index contributed by atoms with van der Waals surface area (Å²) in [5.74, 6) is 0.127. The zero-order valence-corrected chi connectivity index (χ0v) is 13.9. The van der Waals surface area contributed by atoms with Crippen LogP contribution in [-0.2, 0) is 0 Å². The third-order valence-electron chi connectivity index (χ3n) is 4.69. The van der Waals surface area contributed by atoms with E-state index in [1.807, 2.05) is 33.8 Å². The van der Waals surface area contributed by atoms with Crippen LogP contribution in [0.5, 0.6) is 0 Å². The number of nitrogens with zero attached hydrogens (tertiary/aromatic N) is 3. The molecule has 0 saturated carbocycles. The lowest BCUT2D eigenvalue weighted by molar-refractivity contribution is 0.0724. The lowest BCUT2D eigenvalue weighted by Gasteiger charge is -2.26. The van der Waals surface area contributed by atoms with Crippen molar-refractivity contribution in [1.82, 2.24) is 14.3 Å². The summed E-state index contributed by atoms with van der Waals surface area (Å²) >= 11 is 0. The third kappa shape index (κ3) is 2.80. The first-order valence-corrected chi connectivity index (χ1v) is 8.56. The molecule has 122 valence electrons. The SMILES string of the molecule is Cc1ccc(-c2cn3cc(C(=O)N4CCCCC4)ccc3n2)cc1. The van der Waals surface area contributed by atoms with Crippen molar-refractivity contribution in [2.45, 2.75) is 26.2 Å². The van der Waals surface area contributed by atoms with Crippen molar-refractivity contribution in [3.8, 4) is 11.3 Å². The minimum absolute atomic E-state index is 0.127. The van der Waals surface area contributed by atoms with Gasteiger partial charge in [-0.25, -0.2) is 4.98 Å². The lowest BCUT2D eigenvalue weighted by Crippen LogP contribution is -2.35. The Morgan fingerprint density at radius 2 is 1.71 bits per heavy atom. The number of benzene rings is 1. The van der Waals surface area contributed by atoms with Crippen molar-refractivity contribution in [2.24, 2.45) is 0 Å². The smallest absolute Gasteiger partial charge is 0.255 e. The number of hydrogen-bond donors (Lipinski definition) is 0. The maximum atomic E-state index is 12.6. The Morgan fingerprint density at radius 1 is 0.958 bits per heavy atom. The number of amides is 1. The summed E-state index contributed by atoms with van der Waals surface area (Å²) in [7, 11) is 0. The first-order chi connectivity index (χ1) is 11.7. The van der Waals surface area contributed by atoms with Crippen LogP contribution in [0, 0.1) is 6.92 Å².